The number of nitrogens with zero attached hydrogens (tertiary/aromatic N) is 4. The Morgan fingerprint density at radius 2 is 2.03 bits per heavy atom. The Hall–Kier alpha value is -2.81. The molecular formula is C23H24Cl2N4O3S. The van der Waals surface area contributed by atoms with Crippen molar-refractivity contribution in [1.29, 1.82) is 0 Å². The van der Waals surface area contributed by atoms with Gasteiger partial charge in [-0.15, -0.1) is 12.4 Å². The molecule has 0 aliphatic carbocycles. The Kier molecular flexibility index (Phi) is 8.55. The second-order valence-corrected chi connectivity index (χ2v) is 8.65. The second kappa shape index (κ2) is 11.4. The molecule has 0 aliphatic heterocycles. The molecule has 4 rings (SSSR count). The van der Waals surface area contributed by atoms with Crippen LogP contribution in [0.3, 0.4) is 0 Å². The number of para-hydroxylation sites is 2. The van der Waals surface area contributed by atoms with Gasteiger partial charge in [0.05, 0.1) is 23.7 Å². The van der Waals surface area contributed by atoms with Crippen molar-refractivity contribution >= 4 is 56.6 Å². The van der Waals surface area contributed by atoms with Gasteiger partial charge >= 0.3 is 0 Å². The van der Waals surface area contributed by atoms with Gasteiger partial charge in [0.25, 0.3) is 5.91 Å². The van der Waals surface area contributed by atoms with E-state index in [0.717, 1.165) is 28.7 Å². The van der Waals surface area contributed by atoms with Gasteiger partial charge in [-0.3, -0.25) is 9.69 Å². The molecule has 0 saturated carbocycles. The van der Waals surface area contributed by atoms with Crippen molar-refractivity contribution in [3.8, 4) is 11.5 Å². The van der Waals surface area contributed by atoms with Crippen LogP contribution in [0.15, 0.2) is 55.1 Å². The van der Waals surface area contributed by atoms with Crippen molar-refractivity contribution in [1.82, 2.24) is 14.5 Å². The van der Waals surface area contributed by atoms with E-state index in [1.807, 2.05) is 42.0 Å². The van der Waals surface area contributed by atoms with Gasteiger partial charge < -0.3 is 14.0 Å². The number of benzene rings is 2. The molecule has 2 heterocycles. The third kappa shape index (κ3) is 5.96. The molecular weight excluding hydrogens is 483 g/mol. The van der Waals surface area contributed by atoms with E-state index in [2.05, 4.69) is 4.98 Å². The first kappa shape index (κ1) is 24.8. The first-order valence-corrected chi connectivity index (χ1v) is 11.3. The zero-order valence-electron chi connectivity index (χ0n) is 18.2. The van der Waals surface area contributed by atoms with Crippen molar-refractivity contribution in [3.05, 3.63) is 65.7 Å². The molecule has 174 valence electrons. The number of thiazole rings is 1. The minimum Gasteiger partial charge on any atom is -0.493 e. The summed E-state index contributed by atoms with van der Waals surface area (Å²) in [5, 5.41) is 1.28. The van der Waals surface area contributed by atoms with E-state index in [0.29, 0.717) is 28.2 Å². The maximum atomic E-state index is 13.2. The molecule has 0 fully saturated rings. The minimum absolute atomic E-state index is 0. The number of hydrogen-bond acceptors (Lipinski definition) is 6. The minimum atomic E-state index is -0.177. The topological polar surface area (TPSA) is 69.5 Å². The van der Waals surface area contributed by atoms with E-state index in [1.54, 1.807) is 36.7 Å². The van der Waals surface area contributed by atoms with Gasteiger partial charge in [-0.2, -0.15) is 0 Å². The zero-order valence-corrected chi connectivity index (χ0v) is 20.6. The Balaban J connectivity index is 0.00000306. The van der Waals surface area contributed by atoms with Crippen LogP contribution in [0.2, 0.25) is 5.02 Å². The molecule has 2 aromatic carbocycles. The van der Waals surface area contributed by atoms with Crippen molar-refractivity contribution in [2.45, 2.75) is 19.9 Å². The summed E-state index contributed by atoms with van der Waals surface area (Å²) >= 11 is 7.67. The number of rotatable bonds is 9. The molecule has 0 atom stereocenters. The number of carbonyl (C=O) groups excluding carboxylic acids is 1. The molecule has 33 heavy (non-hydrogen) atoms. The predicted octanol–water partition coefficient (Wildman–Crippen LogP) is 5.39. The molecule has 2 aromatic heterocycles. The second-order valence-electron chi connectivity index (χ2n) is 7.20. The fraction of sp³-hybridized carbons (Fsp3) is 0.261. The smallest absolute Gasteiger partial charge is 0.266 e. The van der Waals surface area contributed by atoms with Crippen LogP contribution in [-0.4, -0.2) is 40.7 Å². The van der Waals surface area contributed by atoms with Crippen LogP contribution in [0.5, 0.6) is 11.5 Å². The normalized spacial score (nSPS) is 10.6. The molecule has 0 N–H and O–H groups in total. The first-order valence-electron chi connectivity index (χ1n) is 10.1. The molecule has 0 aliphatic rings. The molecule has 0 unspecified atom stereocenters. The number of methoxy groups -OCH3 is 1. The quantitative estimate of drug-likeness (QED) is 0.304. The number of halogens is 2. The number of anilines is 1. The number of amides is 1. The molecule has 0 bridgehead atoms. The highest BCUT2D eigenvalue weighted by Crippen LogP contribution is 2.33. The third-order valence-corrected chi connectivity index (χ3v) is 6.19. The lowest BCUT2D eigenvalue weighted by molar-refractivity contribution is -0.120. The highest BCUT2D eigenvalue weighted by Gasteiger charge is 2.21. The zero-order chi connectivity index (χ0) is 22.5. The maximum absolute atomic E-state index is 13.2. The monoisotopic (exact) mass is 506 g/mol. The number of ether oxygens (including phenoxy) is 2. The molecule has 0 radical (unpaired) electrons. The van der Waals surface area contributed by atoms with Gasteiger partial charge in [0.1, 0.15) is 0 Å². The van der Waals surface area contributed by atoms with Gasteiger partial charge in [-0.05, 0) is 43.2 Å². The van der Waals surface area contributed by atoms with Gasteiger partial charge in [-0.1, -0.05) is 35.1 Å². The summed E-state index contributed by atoms with van der Waals surface area (Å²) in [4.78, 5) is 23.7. The summed E-state index contributed by atoms with van der Waals surface area (Å²) in [6.07, 6.45) is 6.15. The predicted molar refractivity (Wildman–Crippen MR) is 134 cm³/mol. The summed E-state index contributed by atoms with van der Waals surface area (Å²) in [6, 6.07) is 11.0. The molecule has 0 saturated heterocycles. The summed E-state index contributed by atoms with van der Waals surface area (Å²) in [5.41, 5.74) is 1.83. The van der Waals surface area contributed by atoms with Crippen molar-refractivity contribution in [3.63, 3.8) is 0 Å². The Bertz CT molecular complexity index is 1210. The largest absolute Gasteiger partial charge is 0.493 e. The van der Waals surface area contributed by atoms with Gasteiger partial charge in [0.2, 0.25) is 0 Å². The summed E-state index contributed by atoms with van der Waals surface area (Å²) in [7, 11) is 1.57. The number of carbonyl (C=O) groups is 1. The van der Waals surface area contributed by atoms with Crippen LogP contribution in [-0.2, 0) is 11.3 Å². The van der Waals surface area contributed by atoms with Crippen LogP contribution in [0.4, 0.5) is 5.13 Å². The number of aromatic nitrogens is 3. The highest BCUT2D eigenvalue weighted by atomic mass is 35.5. The summed E-state index contributed by atoms with van der Waals surface area (Å²) in [5.74, 6) is 0.926. The van der Waals surface area contributed by atoms with Gasteiger partial charge in [0.15, 0.2) is 23.2 Å². The molecule has 10 heteroatoms. The number of fused-ring (bicyclic) bond motifs is 1. The number of imidazole rings is 1. The Morgan fingerprint density at radius 1 is 1.24 bits per heavy atom. The molecule has 7 nitrogen and oxygen atoms in total. The summed E-state index contributed by atoms with van der Waals surface area (Å²) in [6.45, 7) is 3.08. The van der Waals surface area contributed by atoms with Gasteiger partial charge in [0, 0.05) is 30.5 Å². The van der Waals surface area contributed by atoms with Crippen LogP contribution in [0, 0.1) is 6.92 Å². The average molecular weight is 507 g/mol. The highest BCUT2D eigenvalue weighted by molar-refractivity contribution is 7.22. The van der Waals surface area contributed by atoms with Crippen LogP contribution < -0.4 is 14.4 Å². The SMILES string of the molecule is COc1ccccc1OCC(=O)N(CCCn1ccnc1)c1nc2c(C)cc(Cl)cc2s1.Cl. The number of aryl methyl sites for hydroxylation is 2. The lowest BCUT2D eigenvalue weighted by atomic mass is 10.2. The Morgan fingerprint density at radius 3 is 2.76 bits per heavy atom. The van der Waals surface area contributed by atoms with Gasteiger partial charge in [-0.25, -0.2) is 9.97 Å². The van der Waals surface area contributed by atoms with Crippen molar-refractivity contribution in [2.24, 2.45) is 0 Å². The fourth-order valence-electron chi connectivity index (χ4n) is 3.37. The van der Waals surface area contributed by atoms with E-state index >= 15 is 0 Å². The van der Waals surface area contributed by atoms with Crippen molar-refractivity contribution in [2.75, 3.05) is 25.2 Å². The van der Waals surface area contributed by atoms with Crippen molar-refractivity contribution < 1.29 is 14.3 Å². The Labute approximate surface area is 207 Å². The third-order valence-electron chi connectivity index (χ3n) is 4.95. The van der Waals surface area contributed by atoms with E-state index in [1.165, 1.54) is 11.3 Å². The van der Waals surface area contributed by atoms with E-state index < -0.39 is 0 Å². The van der Waals surface area contributed by atoms with Crippen LogP contribution in [0.1, 0.15) is 12.0 Å². The van der Waals surface area contributed by atoms with E-state index in [-0.39, 0.29) is 24.9 Å². The van der Waals surface area contributed by atoms with Crippen LogP contribution >= 0.6 is 35.3 Å². The first-order chi connectivity index (χ1) is 15.5. The summed E-state index contributed by atoms with van der Waals surface area (Å²) < 4.78 is 14.0. The lowest BCUT2D eigenvalue weighted by Gasteiger charge is -2.20. The molecule has 1 amide bonds. The molecule has 4 aromatic rings. The van der Waals surface area contributed by atoms with E-state index in [9.17, 15) is 4.79 Å². The standard InChI is InChI=1S/C23H23ClN4O3S.ClH/c1-16-12-17(24)13-20-22(16)26-23(32-20)28(10-5-9-27-11-8-25-15-27)21(29)14-31-19-7-4-3-6-18(19)30-2;/h3-4,6-8,11-13,15H,5,9-10,14H2,1-2H3;1H. The maximum Gasteiger partial charge on any atom is 0.266 e. The average Bonchev–Trinajstić information content (AvgIpc) is 3.45. The lowest BCUT2D eigenvalue weighted by Crippen LogP contribution is -2.36. The molecule has 0 spiro atoms. The fourth-order valence-corrected chi connectivity index (χ4v) is 4.83. The van der Waals surface area contributed by atoms with Crippen LogP contribution in [0.25, 0.3) is 10.2 Å². The van der Waals surface area contributed by atoms with E-state index in [4.69, 9.17) is 26.1 Å². The number of hydrogen-bond donors (Lipinski definition) is 0.